The predicted molar refractivity (Wildman–Crippen MR) is 429 cm³/mol. The van der Waals surface area contributed by atoms with Gasteiger partial charge in [0, 0.05) is 171 Å². The number of pyridine rings is 1. The monoisotopic (exact) mass is 1550 g/mol. The van der Waals surface area contributed by atoms with Crippen molar-refractivity contribution >= 4 is 73.3 Å². The lowest BCUT2D eigenvalue weighted by Crippen LogP contribution is -2.39. The third-order valence-corrected chi connectivity index (χ3v) is 17.7. The van der Waals surface area contributed by atoms with E-state index in [1.807, 2.05) is 130 Å². The van der Waals surface area contributed by atoms with E-state index in [2.05, 4.69) is 71.8 Å². The van der Waals surface area contributed by atoms with Crippen molar-refractivity contribution in [3.8, 4) is 85.9 Å². The molecule has 0 radical (unpaired) electrons. The van der Waals surface area contributed by atoms with Crippen molar-refractivity contribution in [3.63, 3.8) is 0 Å². The molecule has 0 saturated carbocycles. The summed E-state index contributed by atoms with van der Waals surface area (Å²) < 4.78 is 88.6. The number of methoxy groups -OCH3 is 8. The van der Waals surface area contributed by atoms with E-state index in [1.54, 1.807) is 149 Å². The minimum atomic E-state index is -4.81. The number of aromatic nitrogens is 15. The highest BCUT2D eigenvalue weighted by Crippen LogP contribution is 2.39. The molecular formula is C83H82F3N19O9. The SMILES string of the molecule is COCc1ccnc(C#CCN(c2cc(OC)cc(OC)c2)c2ccc3ncc(-c4cnn(C)c4)nc3c2)n1.COc1cc(OC)cc(N(C/C=C\c2ncccc2OC)c2ccc3ncc(-c4cnn(C)c4)nc3c2)c1.COc1cc(OC)cc(N(C[C@@H](O)C(F)(F)F)c2ccc3ncc(-c4cnn(CCCN)c4)nc3c2)c1. The molecule has 0 spiro atoms. The summed E-state index contributed by atoms with van der Waals surface area (Å²) in [7, 11) is 16.4. The molecule has 6 aromatic carbocycles. The Kier molecular flexibility index (Phi) is 26.0. The molecule has 0 amide bonds. The van der Waals surface area contributed by atoms with Crippen LogP contribution in [0.2, 0.25) is 0 Å². The number of hydrogen-bond acceptors (Lipinski definition) is 25. The summed E-state index contributed by atoms with van der Waals surface area (Å²) in [4.78, 5) is 46.8. The number of aliphatic hydroxyl groups excluding tert-OH is 1. The highest BCUT2D eigenvalue weighted by molar-refractivity contribution is 5.86. The van der Waals surface area contributed by atoms with Crippen LogP contribution in [0.15, 0.2) is 202 Å². The minimum Gasteiger partial charge on any atom is -0.497 e. The average Bonchev–Trinajstić information content (AvgIpc) is 1.22. The highest BCUT2D eigenvalue weighted by Gasteiger charge is 2.40. The quantitative estimate of drug-likeness (QED) is 0.0452. The molecule has 0 saturated heterocycles. The summed E-state index contributed by atoms with van der Waals surface area (Å²) >= 11 is 0. The number of anilines is 6. The van der Waals surface area contributed by atoms with Gasteiger partial charge in [-0.25, -0.2) is 24.9 Å². The number of halogens is 3. The molecule has 8 aromatic heterocycles. The molecule has 0 aliphatic carbocycles. The van der Waals surface area contributed by atoms with Crippen LogP contribution in [-0.4, -0.2) is 175 Å². The Bertz CT molecular complexity index is 5670. The lowest BCUT2D eigenvalue weighted by Gasteiger charge is -2.29. The Balaban J connectivity index is 0.000000158. The molecule has 3 N–H and O–H groups in total. The molecule has 31 heteroatoms. The average molecular weight is 1550 g/mol. The molecule has 0 unspecified atom stereocenters. The molecule has 0 bridgehead atoms. The summed E-state index contributed by atoms with van der Waals surface area (Å²) in [6.45, 7) is 1.74. The van der Waals surface area contributed by atoms with Crippen LogP contribution >= 0.6 is 0 Å². The zero-order valence-electron chi connectivity index (χ0n) is 64.1. The number of hydrogen-bond donors (Lipinski definition) is 2. The number of nitrogens with zero attached hydrogens (tertiary/aromatic N) is 18. The van der Waals surface area contributed by atoms with Crippen LogP contribution in [0.3, 0.4) is 0 Å². The Morgan fingerprint density at radius 3 is 1.41 bits per heavy atom. The molecule has 14 aromatic rings. The molecule has 0 aliphatic heterocycles. The van der Waals surface area contributed by atoms with Gasteiger partial charge in [-0.15, -0.1) is 0 Å². The molecule has 584 valence electrons. The zero-order valence-corrected chi connectivity index (χ0v) is 64.1. The molecule has 1 atom stereocenters. The van der Waals surface area contributed by atoms with Gasteiger partial charge in [-0.2, -0.15) is 28.5 Å². The van der Waals surface area contributed by atoms with E-state index < -0.39 is 18.8 Å². The van der Waals surface area contributed by atoms with Crippen LogP contribution in [0.1, 0.15) is 23.6 Å². The number of aliphatic hydroxyl groups is 1. The van der Waals surface area contributed by atoms with Crippen LogP contribution in [0.4, 0.5) is 47.3 Å². The van der Waals surface area contributed by atoms with Crippen molar-refractivity contribution in [3.05, 3.63) is 219 Å². The number of rotatable bonds is 27. The van der Waals surface area contributed by atoms with Gasteiger partial charge in [-0.05, 0) is 97.8 Å². The van der Waals surface area contributed by atoms with Crippen molar-refractivity contribution < 1.29 is 56.2 Å². The fourth-order valence-corrected chi connectivity index (χ4v) is 11.9. The molecule has 0 aliphatic rings. The molecule has 28 nitrogen and oxygen atoms in total. The number of alkyl halides is 3. The number of aryl methyl sites for hydroxylation is 3. The van der Waals surface area contributed by atoms with Gasteiger partial charge >= 0.3 is 6.18 Å². The van der Waals surface area contributed by atoms with Gasteiger partial charge in [-0.1, -0.05) is 12.0 Å². The van der Waals surface area contributed by atoms with Gasteiger partial charge in [0.05, 0.1) is 163 Å². The molecular weight excluding hydrogens is 1460 g/mol. The standard InChI is InChI=1S/C29H27N7O3.C29H28N6O3.C25H27F3N6O3/c1-35-18-20(16-32-35)28-17-31-26-8-7-22(14-27(26)34-28)36(23-12-24(38-3)15-25(13-23)39-4)11-5-6-29-30-10-9-21(33-29)19-37-2;1-34-19-20(17-32-34)28-18-31-25-10-9-21(15-27(25)33-28)35(22-13-23(36-2)16-24(14-22)37-3)12-6-7-26-29(38-4)8-5-11-30-26;1-36-19-8-18(9-20(11-19)37-2)34(15-24(35)25(26,27)28)17-4-5-21-22(10-17)32-23(13-30-21)16-12-31-33(14-16)7-3-6-29/h7-10,12-18H,11,19H2,1-4H3;5-11,13-19H,12H2,1-4H3;4-5,8-14,24,35H,3,6-7,15,29H2,1-2H3/b;7-6-;/t;;24-/m..1/s1. The van der Waals surface area contributed by atoms with E-state index in [4.69, 9.17) is 53.6 Å². The van der Waals surface area contributed by atoms with Gasteiger partial charge in [0.25, 0.3) is 0 Å². The third kappa shape index (κ3) is 20.0. The molecule has 0 fully saturated rings. The lowest BCUT2D eigenvalue weighted by atomic mass is 10.1. The topological polar surface area (TPSA) is 299 Å². The van der Waals surface area contributed by atoms with Gasteiger partial charge in [0.15, 0.2) is 6.10 Å². The van der Waals surface area contributed by atoms with E-state index in [9.17, 15) is 18.3 Å². The van der Waals surface area contributed by atoms with E-state index in [0.29, 0.717) is 107 Å². The van der Waals surface area contributed by atoms with E-state index in [0.717, 1.165) is 90.7 Å². The third-order valence-electron chi connectivity index (χ3n) is 17.7. The summed E-state index contributed by atoms with van der Waals surface area (Å²) in [5, 5.41) is 22.7. The van der Waals surface area contributed by atoms with Crippen molar-refractivity contribution in [2.24, 2.45) is 19.8 Å². The van der Waals surface area contributed by atoms with Crippen LogP contribution < -0.4 is 53.6 Å². The summed E-state index contributed by atoms with van der Waals surface area (Å²) in [5.74, 6) is 10.9. The van der Waals surface area contributed by atoms with Gasteiger partial charge in [-0.3, -0.25) is 34.0 Å². The maximum Gasteiger partial charge on any atom is 0.416 e. The van der Waals surface area contributed by atoms with E-state index in [-0.39, 0.29) is 0 Å². The van der Waals surface area contributed by atoms with E-state index in [1.165, 1.54) is 19.1 Å². The summed E-state index contributed by atoms with van der Waals surface area (Å²) in [5.41, 5.74) is 20.1. The summed E-state index contributed by atoms with van der Waals surface area (Å²) in [6.07, 6.45) is 16.8. The first kappa shape index (κ1) is 79.7. The Hall–Kier alpha value is -13.8. The first-order chi connectivity index (χ1) is 55.3. The Labute approximate surface area is 654 Å². The van der Waals surface area contributed by atoms with Crippen molar-refractivity contribution in [1.29, 1.82) is 0 Å². The van der Waals surface area contributed by atoms with Crippen molar-refractivity contribution in [2.45, 2.75) is 31.9 Å². The Morgan fingerprint density at radius 1 is 0.491 bits per heavy atom. The van der Waals surface area contributed by atoms with Crippen molar-refractivity contribution in [1.82, 2.24) is 74.2 Å². The molecule has 8 heterocycles. The zero-order chi connectivity index (χ0) is 80.3. The van der Waals surface area contributed by atoms with Crippen molar-refractivity contribution in [2.75, 3.05) is 97.8 Å². The first-order valence-corrected chi connectivity index (χ1v) is 35.6. The number of ether oxygens (including phenoxy) is 8. The normalized spacial score (nSPS) is 11.4. The van der Waals surface area contributed by atoms with Gasteiger partial charge < -0.3 is 63.4 Å². The summed E-state index contributed by atoms with van der Waals surface area (Å²) in [6, 6.07) is 38.6. The smallest absolute Gasteiger partial charge is 0.416 e. The first-order valence-electron chi connectivity index (χ1n) is 35.6. The Morgan fingerprint density at radius 2 is 0.956 bits per heavy atom. The predicted octanol–water partition coefficient (Wildman–Crippen LogP) is 13.4. The second kappa shape index (κ2) is 37.3. The lowest BCUT2D eigenvalue weighted by molar-refractivity contribution is -0.199. The van der Waals surface area contributed by atoms with Crippen LogP contribution in [0, 0.1) is 11.8 Å². The van der Waals surface area contributed by atoms with Crippen LogP contribution in [0.25, 0.3) is 72.9 Å². The van der Waals surface area contributed by atoms with Gasteiger partial charge in [0.2, 0.25) is 5.82 Å². The largest absolute Gasteiger partial charge is 0.497 e. The van der Waals surface area contributed by atoms with Crippen LogP contribution in [-0.2, 0) is 32.0 Å². The molecule has 14 rings (SSSR count). The number of nitrogens with two attached hydrogens (primary N) is 1. The second-order valence-corrected chi connectivity index (χ2v) is 25.4. The second-order valence-electron chi connectivity index (χ2n) is 25.4. The van der Waals surface area contributed by atoms with E-state index >= 15 is 0 Å². The highest BCUT2D eigenvalue weighted by atomic mass is 19.4. The maximum absolute atomic E-state index is 13.3. The number of benzene rings is 6. The fraction of sp³-hybridized carbons (Fsp3) is 0.229. The van der Waals surface area contributed by atoms with Gasteiger partial charge in [0.1, 0.15) is 45.9 Å². The van der Waals surface area contributed by atoms with Crippen LogP contribution in [0.5, 0.6) is 40.2 Å². The maximum atomic E-state index is 13.3. The fourth-order valence-electron chi connectivity index (χ4n) is 11.9. The number of fused-ring (bicyclic) bond motifs is 3. The minimum absolute atomic E-state index is 0.337. The molecule has 114 heavy (non-hydrogen) atoms.